The van der Waals surface area contributed by atoms with Gasteiger partial charge < -0.3 is 9.13 Å². The molecule has 0 atom stereocenters. The molecule has 9 nitrogen and oxygen atoms in total. The van der Waals surface area contributed by atoms with Gasteiger partial charge >= 0.3 is 0 Å². The van der Waals surface area contributed by atoms with Gasteiger partial charge in [-0.1, -0.05) is 0 Å². The molecule has 0 saturated carbocycles. The first-order valence-electron chi connectivity index (χ1n) is 9.17. The average molecular weight is 355 g/mol. The Bertz CT molecular complexity index is 824. The summed E-state index contributed by atoms with van der Waals surface area (Å²) < 4.78 is 6.12. The summed E-state index contributed by atoms with van der Waals surface area (Å²) in [6.45, 7) is 6.67. The summed E-state index contributed by atoms with van der Waals surface area (Å²) in [4.78, 5) is 10.9. The van der Waals surface area contributed by atoms with Crippen molar-refractivity contribution in [3.05, 3.63) is 42.5 Å². The second-order valence-electron chi connectivity index (χ2n) is 6.82. The molecule has 0 bridgehead atoms. The molecule has 4 rings (SSSR count). The number of piperidine rings is 1. The number of aromatic nitrogens is 8. The van der Waals surface area contributed by atoms with E-state index in [0.29, 0.717) is 12.5 Å². The highest BCUT2D eigenvalue weighted by molar-refractivity contribution is 5.05. The van der Waals surface area contributed by atoms with E-state index < -0.39 is 0 Å². The molecule has 3 aromatic heterocycles. The van der Waals surface area contributed by atoms with Crippen LogP contribution in [-0.4, -0.2) is 57.1 Å². The molecule has 9 heteroatoms. The van der Waals surface area contributed by atoms with E-state index in [0.717, 1.165) is 56.5 Å². The Balaban J connectivity index is 1.41. The topological polar surface area (TPSA) is 82.5 Å². The zero-order valence-corrected chi connectivity index (χ0v) is 15.4. The van der Waals surface area contributed by atoms with Crippen LogP contribution in [0, 0.1) is 0 Å². The van der Waals surface area contributed by atoms with Gasteiger partial charge in [0.05, 0.1) is 6.54 Å². The van der Waals surface area contributed by atoms with Crippen LogP contribution in [-0.2, 0) is 26.7 Å². The van der Waals surface area contributed by atoms with Crippen molar-refractivity contribution in [1.82, 2.24) is 44.0 Å². The van der Waals surface area contributed by atoms with Gasteiger partial charge in [0.25, 0.3) is 0 Å². The second kappa shape index (κ2) is 7.36. The Morgan fingerprint density at radius 2 is 1.96 bits per heavy atom. The molecule has 1 saturated heterocycles. The fourth-order valence-corrected chi connectivity index (χ4v) is 3.67. The van der Waals surface area contributed by atoms with E-state index in [4.69, 9.17) is 0 Å². The predicted molar refractivity (Wildman–Crippen MR) is 95.3 cm³/mol. The highest BCUT2D eigenvalue weighted by atomic mass is 15.4. The molecule has 1 fully saturated rings. The lowest BCUT2D eigenvalue weighted by Crippen LogP contribution is -2.34. The van der Waals surface area contributed by atoms with Crippen molar-refractivity contribution < 1.29 is 0 Å². The molecule has 1 aliphatic rings. The first-order valence-corrected chi connectivity index (χ1v) is 9.17. The lowest BCUT2D eigenvalue weighted by molar-refractivity contribution is 0.194. The van der Waals surface area contributed by atoms with Crippen LogP contribution >= 0.6 is 0 Å². The van der Waals surface area contributed by atoms with E-state index in [1.165, 1.54) is 0 Å². The van der Waals surface area contributed by atoms with Gasteiger partial charge in [0.1, 0.15) is 30.8 Å². The van der Waals surface area contributed by atoms with Crippen molar-refractivity contribution in [2.75, 3.05) is 13.1 Å². The SMILES string of the molecule is CCn1c(Cn2cncn2)nnc1C1CCN(Cc2nccn2C)CC1. The molecule has 3 aromatic rings. The number of nitrogens with zero attached hydrogens (tertiary/aromatic N) is 9. The van der Waals surface area contributed by atoms with Gasteiger partial charge in [0, 0.05) is 31.9 Å². The first-order chi connectivity index (χ1) is 12.7. The van der Waals surface area contributed by atoms with Crippen LogP contribution in [0.2, 0.25) is 0 Å². The summed E-state index contributed by atoms with van der Waals surface area (Å²) in [6.07, 6.45) is 9.33. The van der Waals surface area contributed by atoms with E-state index in [9.17, 15) is 0 Å². The Kier molecular flexibility index (Phi) is 4.79. The Hall–Kier alpha value is -2.55. The maximum absolute atomic E-state index is 4.52. The molecule has 0 unspecified atom stereocenters. The summed E-state index contributed by atoms with van der Waals surface area (Å²) in [5.74, 6) is 3.64. The number of likely N-dealkylation sites (tertiary alicyclic amines) is 1. The summed E-state index contributed by atoms with van der Waals surface area (Å²) in [5, 5.41) is 13.1. The molecule has 4 heterocycles. The minimum atomic E-state index is 0.463. The van der Waals surface area contributed by atoms with E-state index in [1.807, 2.05) is 12.4 Å². The van der Waals surface area contributed by atoms with Crippen molar-refractivity contribution in [3.8, 4) is 0 Å². The van der Waals surface area contributed by atoms with Gasteiger partial charge in [0.15, 0.2) is 5.82 Å². The molecular formula is C17H25N9. The van der Waals surface area contributed by atoms with Crippen molar-refractivity contribution in [1.29, 1.82) is 0 Å². The lowest BCUT2D eigenvalue weighted by atomic mass is 9.96. The highest BCUT2D eigenvalue weighted by Crippen LogP contribution is 2.28. The van der Waals surface area contributed by atoms with Crippen LogP contribution in [0.4, 0.5) is 0 Å². The Labute approximate surface area is 152 Å². The quantitative estimate of drug-likeness (QED) is 0.657. The van der Waals surface area contributed by atoms with Gasteiger partial charge in [-0.25, -0.2) is 14.6 Å². The van der Waals surface area contributed by atoms with Crippen LogP contribution in [0.3, 0.4) is 0 Å². The third kappa shape index (κ3) is 3.39. The van der Waals surface area contributed by atoms with Crippen LogP contribution in [0.25, 0.3) is 0 Å². The summed E-state index contributed by atoms with van der Waals surface area (Å²) in [6, 6.07) is 0. The highest BCUT2D eigenvalue weighted by Gasteiger charge is 2.26. The van der Waals surface area contributed by atoms with Crippen molar-refractivity contribution in [3.63, 3.8) is 0 Å². The number of aryl methyl sites for hydroxylation is 1. The minimum Gasteiger partial charge on any atom is -0.337 e. The van der Waals surface area contributed by atoms with Gasteiger partial charge in [-0.15, -0.1) is 10.2 Å². The van der Waals surface area contributed by atoms with Crippen molar-refractivity contribution in [2.24, 2.45) is 7.05 Å². The Morgan fingerprint density at radius 1 is 1.12 bits per heavy atom. The standard InChI is InChI=1S/C17H25N9/c1-3-26-16(11-25-13-18-12-20-25)21-22-17(26)14-4-7-24(8-5-14)10-15-19-6-9-23(15)2/h6,9,12-14H,3-5,7-8,10-11H2,1-2H3. The number of rotatable bonds is 6. The van der Waals surface area contributed by atoms with Crippen LogP contribution < -0.4 is 0 Å². The van der Waals surface area contributed by atoms with Gasteiger partial charge in [-0.3, -0.25) is 4.90 Å². The number of hydrogen-bond acceptors (Lipinski definition) is 6. The molecule has 0 spiro atoms. The molecule has 0 aliphatic carbocycles. The molecule has 0 N–H and O–H groups in total. The molecular weight excluding hydrogens is 330 g/mol. The summed E-state index contributed by atoms with van der Waals surface area (Å²) in [5.41, 5.74) is 0. The maximum Gasteiger partial charge on any atom is 0.154 e. The van der Waals surface area contributed by atoms with Crippen molar-refractivity contribution in [2.45, 2.75) is 45.3 Å². The maximum atomic E-state index is 4.52. The van der Waals surface area contributed by atoms with E-state index in [2.05, 4.69) is 53.3 Å². The van der Waals surface area contributed by atoms with Gasteiger partial charge in [-0.05, 0) is 32.9 Å². The zero-order valence-electron chi connectivity index (χ0n) is 15.4. The molecule has 0 aromatic carbocycles. The van der Waals surface area contributed by atoms with Crippen molar-refractivity contribution >= 4 is 0 Å². The van der Waals surface area contributed by atoms with Gasteiger partial charge in [0.2, 0.25) is 0 Å². The number of imidazole rings is 1. The van der Waals surface area contributed by atoms with Crippen LogP contribution in [0.15, 0.2) is 25.0 Å². The summed E-state index contributed by atoms with van der Waals surface area (Å²) >= 11 is 0. The first kappa shape index (κ1) is 16.9. The van der Waals surface area contributed by atoms with E-state index in [-0.39, 0.29) is 0 Å². The van der Waals surface area contributed by atoms with E-state index in [1.54, 1.807) is 17.3 Å². The molecule has 138 valence electrons. The largest absolute Gasteiger partial charge is 0.337 e. The fourth-order valence-electron chi connectivity index (χ4n) is 3.67. The van der Waals surface area contributed by atoms with E-state index >= 15 is 0 Å². The second-order valence-corrected chi connectivity index (χ2v) is 6.82. The Morgan fingerprint density at radius 3 is 2.62 bits per heavy atom. The normalized spacial score (nSPS) is 16.4. The minimum absolute atomic E-state index is 0.463. The number of hydrogen-bond donors (Lipinski definition) is 0. The molecule has 26 heavy (non-hydrogen) atoms. The predicted octanol–water partition coefficient (Wildman–Crippen LogP) is 1.05. The van der Waals surface area contributed by atoms with Crippen LogP contribution in [0.1, 0.15) is 43.2 Å². The monoisotopic (exact) mass is 355 g/mol. The summed E-state index contributed by atoms with van der Waals surface area (Å²) in [7, 11) is 2.05. The lowest BCUT2D eigenvalue weighted by Gasteiger charge is -2.31. The van der Waals surface area contributed by atoms with Crippen LogP contribution in [0.5, 0.6) is 0 Å². The smallest absolute Gasteiger partial charge is 0.154 e. The fraction of sp³-hybridized carbons (Fsp3) is 0.588. The molecule has 0 radical (unpaired) electrons. The third-order valence-electron chi connectivity index (χ3n) is 5.18. The zero-order chi connectivity index (χ0) is 17.9. The molecule has 1 aliphatic heterocycles. The van der Waals surface area contributed by atoms with Gasteiger partial charge in [-0.2, -0.15) is 5.10 Å². The average Bonchev–Trinajstić information content (AvgIpc) is 3.39. The molecule has 0 amide bonds. The third-order valence-corrected chi connectivity index (χ3v) is 5.18.